The minimum absolute atomic E-state index is 0.0363. The van der Waals surface area contributed by atoms with Crippen molar-refractivity contribution in [2.24, 2.45) is 0 Å². The maximum atomic E-state index is 13.4. The highest BCUT2D eigenvalue weighted by Gasteiger charge is 2.34. The van der Waals surface area contributed by atoms with Gasteiger partial charge in [0.2, 0.25) is 0 Å². The van der Waals surface area contributed by atoms with Crippen molar-refractivity contribution in [3.05, 3.63) is 125 Å². The molecule has 8 heteroatoms. The number of carbonyl (C=O) groups is 2. The summed E-state index contributed by atoms with van der Waals surface area (Å²) in [6.07, 6.45) is 1.52. The first-order valence-electron chi connectivity index (χ1n) is 13.1. The Balaban J connectivity index is 1.34. The van der Waals surface area contributed by atoms with E-state index in [1.807, 2.05) is 73.7 Å². The van der Waals surface area contributed by atoms with E-state index in [0.29, 0.717) is 41.7 Å². The minimum atomic E-state index is -0.561. The topological polar surface area (TPSA) is 77.1 Å². The molecule has 1 N–H and O–H groups in total. The average molecular weight is 565 g/mol. The molecule has 4 aromatic carbocycles. The number of thiocarbonyl (C=S) groups is 1. The zero-order chi connectivity index (χ0) is 28.6. The molecule has 0 saturated carbocycles. The lowest BCUT2D eigenvalue weighted by Crippen LogP contribution is -2.54. The van der Waals surface area contributed by atoms with Gasteiger partial charge >= 0.3 is 0 Å². The number of nitrogens with zero attached hydrogens (tertiary/aromatic N) is 1. The van der Waals surface area contributed by atoms with E-state index in [9.17, 15) is 9.59 Å². The van der Waals surface area contributed by atoms with Crippen LogP contribution in [0.25, 0.3) is 6.08 Å². The Morgan fingerprint density at radius 3 is 2.15 bits per heavy atom. The molecule has 0 aromatic heterocycles. The van der Waals surface area contributed by atoms with Gasteiger partial charge in [0.15, 0.2) is 16.6 Å². The van der Waals surface area contributed by atoms with Gasteiger partial charge in [0.05, 0.1) is 12.3 Å². The number of rotatable bonds is 10. The number of nitrogens with one attached hydrogen (secondary N) is 1. The Morgan fingerprint density at radius 1 is 0.732 bits per heavy atom. The summed E-state index contributed by atoms with van der Waals surface area (Å²) in [5.74, 6) is 0.720. The zero-order valence-corrected chi connectivity index (χ0v) is 23.2. The van der Waals surface area contributed by atoms with E-state index in [4.69, 9.17) is 26.4 Å². The summed E-state index contributed by atoms with van der Waals surface area (Å²) < 4.78 is 18.0. The molecule has 1 saturated heterocycles. The van der Waals surface area contributed by atoms with E-state index in [0.717, 1.165) is 11.1 Å². The molecule has 0 aliphatic carbocycles. The lowest BCUT2D eigenvalue weighted by molar-refractivity contribution is -0.122. The number of anilines is 1. The van der Waals surface area contributed by atoms with Crippen molar-refractivity contribution >= 4 is 40.9 Å². The van der Waals surface area contributed by atoms with Gasteiger partial charge in [-0.3, -0.25) is 19.8 Å². The zero-order valence-electron chi connectivity index (χ0n) is 22.4. The predicted molar refractivity (Wildman–Crippen MR) is 162 cm³/mol. The Kier molecular flexibility index (Phi) is 8.71. The van der Waals surface area contributed by atoms with Gasteiger partial charge in [0.1, 0.15) is 24.5 Å². The fourth-order valence-electron chi connectivity index (χ4n) is 4.28. The van der Waals surface area contributed by atoms with Crippen LogP contribution < -0.4 is 24.4 Å². The molecule has 5 rings (SSSR count). The van der Waals surface area contributed by atoms with E-state index in [2.05, 4.69) is 5.32 Å². The molecule has 2 amide bonds. The van der Waals surface area contributed by atoms with Crippen molar-refractivity contribution in [1.82, 2.24) is 5.32 Å². The summed E-state index contributed by atoms with van der Waals surface area (Å²) in [7, 11) is 0. The normalized spacial score (nSPS) is 14.1. The monoisotopic (exact) mass is 564 g/mol. The molecule has 1 fully saturated rings. The van der Waals surface area contributed by atoms with Crippen LogP contribution in [0.4, 0.5) is 5.69 Å². The van der Waals surface area contributed by atoms with Crippen LogP contribution in [0.1, 0.15) is 23.6 Å². The standard InChI is InChI=1S/C33H28N2O5S/c1-2-38-30-19-24(17-18-29(30)40-21-23-11-5-3-6-12-23)22-39-28-16-10-9-13-25(28)20-27-31(36)34-33(41)35(32(27)37)26-14-7-4-8-15-26/h3-20H,2,21-22H2,1H3,(H,34,36,41)/b27-20-. The van der Waals surface area contributed by atoms with Crippen LogP contribution in [0, 0.1) is 0 Å². The lowest BCUT2D eigenvalue weighted by Gasteiger charge is -2.28. The molecule has 1 aliphatic rings. The number of hydrogen-bond donors (Lipinski definition) is 1. The van der Waals surface area contributed by atoms with Gasteiger partial charge in [-0.1, -0.05) is 72.8 Å². The van der Waals surface area contributed by atoms with Crippen molar-refractivity contribution in [3.63, 3.8) is 0 Å². The largest absolute Gasteiger partial charge is 0.490 e. The Labute approximate surface area is 244 Å². The van der Waals surface area contributed by atoms with Crippen molar-refractivity contribution in [2.75, 3.05) is 11.5 Å². The summed E-state index contributed by atoms with van der Waals surface area (Å²) >= 11 is 5.28. The number of hydrogen-bond acceptors (Lipinski definition) is 6. The fraction of sp³-hybridized carbons (Fsp3) is 0.121. The second-order valence-electron chi connectivity index (χ2n) is 9.11. The van der Waals surface area contributed by atoms with E-state index in [1.54, 1.807) is 36.4 Å². The average Bonchev–Trinajstić information content (AvgIpc) is 2.99. The van der Waals surface area contributed by atoms with Crippen molar-refractivity contribution < 1.29 is 23.8 Å². The molecule has 1 aliphatic heterocycles. The predicted octanol–water partition coefficient (Wildman–Crippen LogP) is 6.07. The Morgan fingerprint density at radius 2 is 1.39 bits per heavy atom. The van der Waals surface area contributed by atoms with Crippen LogP contribution in [-0.2, 0) is 22.8 Å². The molecule has 206 valence electrons. The van der Waals surface area contributed by atoms with Crippen LogP contribution in [0.3, 0.4) is 0 Å². The summed E-state index contributed by atoms with van der Waals surface area (Å²) in [5, 5.41) is 2.65. The molecule has 0 unspecified atom stereocenters. The Bertz CT molecular complexity index is 1590. The maximum absolute atomic E-state index is 13.4. The minimum Gasteiger partial charge on any atom is -0.490 e. The second kappa shape index (κ2) is 12.9. The molecule has 41 heavy (non-hydrogen) atoms. The van der Waals surface area contributed by atoms with Crippen molar-refractivity contribution in [1.29, 1.82) is 0 Å². The van der Waals surface area contributed by atoms with Crippen LogP contribution in [0.2, 0.25) is 0 Å². The van der Waals surface area contributed by atoms with Gasteiger partial charge in [0.25, 0.3) is 11.8 Å². The smallest absolute Gasteiger partial charge is 0.270 e. The van der Waals surface area contributed by atoms with Crippen LogP contribution in [-0.4, -0.2) is 23.5 Å². The van der Waals surface area contributed by atoms with Crippen LogP contribution in [0.5, 0.6) is 17.2 Å². The summed E-state index contributed by atoms with van der Waals surface area (Å²) in [6, 6.07) is 31.8. The molecule has 1 heterocycles. The molecule has 7 nitrogen and oxygen atoms in total. The molecule has 0 radical (unpaired) electrons. The molecule has 0 spiro atoms. The molecular formula is C33H28N2O5S. The van der Waals surface area contributed by atoms with Gasteiger partial charge in [-0.15, -0.1) is 0 Å². The number of amides is 2. The Hall–Kier alpha value is -4.95. The third kappa shape index (κ3) is 6.62. The second-order valence-corrected chi connectivity index (χ2v) is 9.49. The van der Waals surface area contributed by atoms with Crippen LogP contribution >= 0.6 is 12.2 Å². The number of ether oxygens (including phenoxy) is 3. The molecule has 0 bridgehead atoms. The van der Waals surface area contributed by atoms with Gasteiger partial charge in [-0.2, -0.15) is 0 Å². The fourth-order valence-corrected chi connectivity index (χ4v) is 4.56. The third-order valence-corrected chi connectivity index (χ3v) is 6.56. The first kappa shape index (κ1) is 27.6. The third-order valence-electron chi connectivity index (χ3n) is 6.27. The van der Waals surface area contributed by atoms with E-state index in [-0.39, 0.29) is 17.3 Å². The van der Waals surface area contributed by atoms with E-state index < -0.39 is 11.8 Å². The van der Waals surface area contributed by atoms with Gasteiger partial charge in [0, 0.05) is 5.56 Å². The number of carbonyl (C=O) groups excluding carboxylic acids is 2. The highest BCUT2D eigenvalue weighted by Crippen LogP contribution is 2.31. The summed E-state index contributed by atoms with van der Waals surface area (Å²) in [5.41, 5.74) is 3.04. The number of benzene rings is 4. The number of para-hydroxylation sites is 2. The molecular weight excluding hydrogens is 536 g/mol. The summed E-state index contributed by atoms with van der Waals surface area (Å²) in [4.78, 5) is 27.4. The van der Waals surface area contributed by atoms with Crippen molar-refractivity contribution in [3.8, 4) is 17.2 Å². The van der Waals surface area contributed by atoms with Gasteiger partial charge in [-0.05, 0) is 66.7 Å². The lowest BCUT2D eigenvalue weighted by atomic mass is 10.1. The van der Waals surface area contributed by atoms with E-state index in [1.165, 1.54) is 11.0 Å². The maximum Gasteiger partial charge on any atom is 0.270 e. The SMILES string of the molecule is CCOc1cc(COc2ccccc2/C=C2/C(=O)NC(=S)N(c3ccccc3)C2=O)ccc1OCc1ccccc1. The molecule has 0 atom stereocenters. The van der Waals surface area contributed by atoms with Crippen LogP contribution in [0.15, 0.2) is 109 Å². The van der Waals surface area contributed by atoms with E-state index >= 15 is 0 Å². The summed E-state index contributed by atoms with van der Waals surface area (Å²) in [6.45, 7) is 3.07. The quantitative estimate of drug-likeness (QED) is 0.143. The van der Waals surface area contributed by atoms with Crippen molar-refractivity contribution in [2.45, 2.75) is 20.1 Å². The van der Waals surface area contributed by atoms with Gasteiger partial charge < -0.3 is 14.2 Å². The highest BCUT2D eigenvalue weighted by molar-refractivity contribution is 7.80. The first-order chi connectivity index (χ1) is 20.0. The highest BCUT2D eigenvalue weighted by atomic mass is 32.1. The van der Waals surface area contributed by atoms with Gasteiger partial charge in [-0.25, -0.2) is 0 Å². The first-order valence-corrected chi connectivity index (χ1v) is 13.5. The molecule has 4 aromatic rings.